The van der Waals surface area contributed by atoms with Crippen LogP contribution in [0.15, 0.2) is 18.2 Å². The summed E-state index contributed by atoms with van der Waals surface area (Å²) in [4.78, 5) is 0. The van der Waals surface area contributed by atoms with Crippen LogP contribution in [-0.4, -0.2) is 19.8 Å². The Morgan fingerprint density at radius 1 is 1.33 bits per heavy atom. The van der Waals surface area contributed by atoms with Gasteiger partial charge in [0.1, 0.15) is 0 Å². The highest BCUT2D eigenvalue weighted by molar-refractivity contribution is 5.57. The second-order valence-electron chi connectivity index (χ2n) is 4.46. The van der Waals surface area contributed by atoms with Crippen molar-refractivity contribution in [3.63, 3.8) is 0 Å². The van der Waals surface area contributed by atoms with Gasteiger partial charge in [0.25, 0.3) is 0 Å². The molecule has 1 aromatic carbocycles. The van der Waals surface area contributed by atoms with Gasteiger partial charge in [0.2, 0.25) is 0 Å². The first kappa shape index (κ1) is 9.22. The van der Waals surface area contributed by atoms with Crippen LogP contribution >= 0.6 is 0 Å². The fourth-order valence-corrected chi connectivity index (χ4v) is 2.70. The van der Waals surface area contributed by atoms with E-state index in [1.165, 1.54) is 30.5 Å². The van der Waals surface area contributed by atoms with Crippen molar-refractivity contribution in [1.82, 2.24) is 0 Å². The standard InChI is InChI=1S/C13H17NO/c1-3-11(10-6-8-15-9-10)12-4-2-7-14-13(12)5-1/h1,3,5,10,14H,2,4,6-9H2/t10-/m0/s1. The van der Waals surface area contributed by atoms with E-state index in [4.69, 9.17) is 4.74 Å². The van der Waals surface area contributed by atoms with E-state index in [0.717, 1.165) is 19.8 Å². The lowest BCUT2D eigenvalue weighted by Gasteiger charge is -2.23. The number of hydrogen-bond acceptors (Lipinski definition) is 2. The molecule has 1 N–H and O–H groups in total. The van der Waals surface area contributed by atoms with Gasteiger partial charge in [-0.1, -0.05) is 12.1 Å². The minimum absolute atomic E-state index is 0.639. The molecule has 0 aliphatic carbocycles. The van der Waals surface area contributed by atoms with E-state index in [9.17, 15) is 0 Å². The van der Waals surface area contributed by atoms with Gasteiger partial charge in [-0.2, -0.15) is 0 Å². The Hall–Kier alpha value is -1.02. The molecule has 1 saturated heterocycles. The minimum atomic E-state index is 0.639. The molecule has 2 nitrogen and oxygen atoms in total. The van der Waals surface area contributed by atoms with Crippen LogP contribution in [0, 0.1) is 0 Å². The molecule has 0 aromatic heterocycles. The Labute approximate surface area is 90.6 Å². The van der Waals surface area contributed by atoms with Crippen LogP contribution in [-0.2, 0) is 11.2 Å². The van der Waals surface area contributed by atoms with Crippen LogP contribution in [0.3, 0.4) is 0 Å². The Balaban J connectivity index is 1.99. The van der Waals surface area contributed by atoms with E-state index in [-0.39, 0.29) is 0 Å². The zero-order chi connectivity index (χ0) is 10.1. The van der Waals surface area contributed by atoms with Crippen LogP contribution in [0.25, 0.3) is 0 Å². The maximum Gasteiger partial charge on any atom is 0.0535 e. The highest BCUT2D eigenvalue weighted by Crippen LogP contribution is 2.33. The largest absolute Gasteiger partial charge is 0.385 e. The SMILES string of the molecule is c1cc2c(c([C@H]3CCOC3)c1)CCCN2. The van der Waals surface area contributed by atoms with Crippen LogP contribution in [0.5, 0.6) is 0 Å². The molecule has 2 aliphatic heterocycles. The molecule has 0 spiro atoms. The van der Waals surface area contributed by atoms with E-state index in [1.54, 1.807) is 5.56 Å². The number of benzene rings is 1. The molecule has 80 valence electrons. The summed E-state index contributed by atoms with van der Waals surface area (Å²) >= 11 is 0. The summed E-state index contributed by atoms with van der Waals surface area (Å²) in [6, 6.07) is 6.66. The average Bonchev–Trinajstić information content (AvgIpc) is 2.82. The number of fused-ring (bicyclic) bond motifs is 1. The topological polar surface area (TPSA) is 21.3 Å². The summed E-state index contributed by atoms with van der Waals surface area (Å²) in [7, 11) is 0. The molecule has 0 saturated carbocycles. The number of anilines is 1. The number of hydrogen-bond donors (Lipinski definition) is 1. The molecule has 0 radical (unpaired) electrons. The summed E-state index contributed by atoms with van der Waals surface area (Å²) in [5.74, 6) is 0.639. The predicted octanol–water partition coefficient (Wildman–Crippen LogP) is 2.55. The van der Waals surface area contributed by atoms with Gasteiger partial charge in [0.15, 0.2) is 0 Å². The molecule has 1 fully saturated rings. The van der Waals surface area contributed by atoms with E-state index in [1.807, 2.05) is 0 Å². The van der Waals surface area contributed by atoms with Crippen molar-refractivity contribution in [2.45, 2.75) is 25.2 Å². The van der Waals surface area contributed by atoms with Crippen LogP contribution in [0.2, 0.25) is 0 Å². The van der Waals surface area contributed by atoms with Crippen LogP contribution in [0.4, 0.5) is 5.69 Å². The zero-order valence-electron chi connectivity index (χ0n) is 8.96. The smallest absolute Gasteiger partial charge is 0.0535 e. The predicted molar refractivity (Wildman–Crippen MR) is 61.4 cm³/mol. The van der Waals surface area contributed by atoms with Gasteiger partial charge in [0, 0.05) is 24.8 Å². The molecule has 0 bridgehead atoms. The third kappa shape index (κ3) is 1.63. The van der Waals surface area contributed by atoms with Crippen molar-refractivity contribution >= 4 is 5.69 Å². The molecule has 0 unspecified atom stereocenters. The maximum absolute atomic E-state index is 5.48. The first-order chi connectivity index (χ1) is 7.45. The second-order valence-corrected chi connectivity index (χ2v) is 4.46. The molecule has 2 heterocycles. The van der Waals surface area contributed by atoms with Crippen molar-refractivity contribution < 1.29 is 4.74 Å². The Kier molecular flexibility index (Phi) is 2.37. The van der Waals surface area contributed by atoms with Gasteiger partial charge < -0.3 is 10.1 Å². The van der Waals surface area contributed by atoms with E-state index in [0.29, 0.717) is 5.92 Å². The monoisotopic (exact) mass is 203 g/mol. The molecule has 15 heavy (non-hydrogen) atoms. The Morgan fingerprint density at radius 3 is 3.20 bits per heavy atom. The van der Waals surface area contributed by atoms with Crippen molar-refractivity contribution in [2.75, 3.05) is 25.1 Å². The number of rotatable bonds is 1. The van der Waals surface area contributed by atoms with Gasteiger partial charge in [-0.25, -0.2) is 0 Å². The van der Waals surface area contributed by atoms with Gasteiger partial charge in [-0.15, -0.1) is 0 Å². The highest BCUT2D eigenvalue weighted by atomic mass is 16.5. The highest BCUT2D eigenvalue weighted by Gasteiger charge is 2.22. The van der Waals surface area contributed by atoms with Gasteiger partial charge in [0.05, 0.1) is 6.61 Å². The number of nitrogens with one attached hydrogen (secondary N) is 1. The minimum Gasteiger partial charge on any atom is -0.385 e. The molecule has 2 heteroatoms. The summed E-state index contributed by atoms with van der Waals surface area (Å²) in [6.45, 7) is 2.97. The fraction of sp³-hybridized carbons (Fsp3) is 0.538. The van der Waals surface area contributed by atoms with E-state index in [2.05, 4.69) is 23.5 Å². The summed E-state index contributed by atoms with van der Waals surface area (Å²) in [5, 5.41) is 3.49. The second kappa shape index (κ2) is 3.86. The number of ether oxygens (including phenoxy) is 1. The van der Waals surface area contributed by atoms with Gasteiger partial charge in [-0.05, 0) is 36.5 Å². The third-order valence-electron chi connectivity index (χ3n) is 3.50. The molecular formula is C13H17NO. The lowest BCUT2D eigenvalue weighted by atomic mass is 9.89. The summed E-state index contributed by atoms with van der Waals surface area (Å²) < 4.78 is 5.48. The van der Waals surface area contributed by atoms with Crippen LogP contribution < -0.4 is 5.32 Å². The average molecular weight is 203 g/mol. The zero-order valence-corrected chi connectivity index (χ0v) is 8.96. The summed E-state index contributed by atoms with van der Waals surface area (Å²) in [5.41, 5.74) is 4.42. The molecule has 3 rings (SSSR count). The Morgan fingerprint density at radius 2 is 2.33 bits per heavy atom. The maximum atomic E-state index is 5.48. The first-order valence-corrected chi connectivity index (χ1v) is 5.88. The molecule has 1 atom stereocenters. The van der Waals surface area contributed by atoms with Crippen LogP contribution in [0.1, 0.15) is 29.9 Å². The van der Waals surface area contributed by atoms with Crippen molar-refractivity contribution in [2.24, 2.45) is 0 Å². The quantitative estimate of drug-likeness (QED) is 0.757. The normalized spacial score (nSPS) is 24.7. The van der Waals surface area contributed by atoms with Crippen molar-refractivity contribution in [3.8, 4) is 0 Å². The summed E-state index contributed by atoms with van der Waals surface area (Å²) in [6.07, 6.45) is 3.68. The third-order valence-corrected chi connectivity index (χ3v) is 3.50. The first-order valence-electron chi connectivity index (χ1n) is 5.88. The Bertz CT molecular complexity index is 356. The fourth-order valence-electron chi connectivity index (χ4n) is 2.70. The van der Waals surface area contributed by atoms with Crippen molar-refractivity contribution in [1.29, 1.82) is 0 Å². The molecular weight excluding hydrogens is 186 g/mol. The lowest BCUT2D eigenvalue weighted by molar-refractivity contribution is 0.194. The van der Waals surface area contributed by atoms with E-state index >= 15 is 0 Å². The molecule has 2 aliphatic rings. The van der Waals surface area contributed by atoms with E-state index < -0.39 is 0 Å². The van der Waals surface area contributed by atoms with Gasteiger partial charge >= 0.3 is 0 Å². The lowest BCUT2D eigenvalue weighted by Crippen LogP contribution is -2.15. The molecule has 1 aromatic rings. The van der Waals surface area contributed by atoms with Gasteiger partial charge in [-0.3, -0.25) is 0 Å². The van der Waals surface area contributed by atoms with Crippen molar-refractivity contribution in [3.05, 3.63) is 29.3 Å². The molecule has 0 amide bonds.